The van der Waals surface area contributed by atoms with Crippen LogP contribution in [0, 0.1) is 20.8 Å². The summed E-state index contributed by atoms with van der Waals surface area (Å²) in [5.74, 6) is -0.00199. The summed E-state index contributed by atoms with van der Waals surface area (Å²) in [5.41, 5.74) is 4.42. The summed E-state index contributed by atoms with van der Waals surface area (Å²) in [5, 5.41) is 3.05. The van der Waals surface area contributed by atoms with Gasteiger partial charge in [-0.1, -0.05) is 31.5 Å². The molecule has 2 rings (SSSR count). The molecule has 0 fully saturated rings. The highest BCUT2D eigenvalue weighted by atomic mass is 32.1. The van der Waals surface area contributed by atoms with Crippen molar-refractivity contribution in [3.05, 3.63) is 50.7 Å². The van der Waals surface area contributed by atoms with Gasteiger partial charge in [-0.2, -0.15) is 0 Å². The summed E-state index contributed by atoms with van der Waals surface area (Å²) in [7, 11) is 0. The summed E-state index contributed by atoms with van der Waals surface area (Å²) in [6, 6.07) is 8.08. The molecule has 20 heavy (non-hydrogen) atoms. The molecule has 0 aliphatic rings. The zero-order chi connectivity index (χ0) is 14.7. The summed E-state index contributed by atoms with van der Waals surface area (Å²) in [4.78, 5) is 14.4. The number of aryl methyl sites for hydroxylation is 4. The fraction of sp³-hybridized carbons (Fsp3) is 0.353. The first-order valence-corrected chi connectivity index (χ1v) is 7.81. The number of nitrogens with one attached hydrogen (secondary N) is 1. The van der Waals surface area contributed by atoms with E-state index in [9.17, 15) is 4.79 Å². The highest BCUT2D eigenvalue weighted by Crippen LogP contribution is 2.25. The summed E-state index contributed by atoms with van der Waals surface area (Å²) < 4.78 is 0. The van der Waals surface area contributed by atoms with Gasteiger partial charge in [0.2, 0.25) is 0 Å². The fourth-order valence-corrected chi connectivity index (χ4v) is 3.30. The van der Waals surface area contributed by atoms with Crippen molar-refractivity contribution in [2.24, 2.45) is 0 Å². The Labute approximate surface area is 124 Å². The van der Waals surface area contributed by atoms with Gasteiger partial charge in [0, 0.05) is 10.6 Å². The minimum Gasteiger partial charge on any atom is -0.321 e. The largest absolute Gasteiger partial charge is 0.321 e. The van der Waals surface area contributed by atoms with E-state index in [0.29, 0.717) is 0 Å². The number of amides is 1. The highest BCUT2D eigenvalue weighted by Gasteiger charge is 2.14. The number of anilines is 1. The van der Waals surface area contributed by atoms with Crippen LogP contribution in [0.4, 0.5) is 5.69 Å². The third-order valence-corrected chi connectivity index (χ3v) is 4.57. The van der Waals surface area contributed by atoms with Crippen molar-refractivity contribution in [2.45, 2.75) is 40.5 Å². The van der Waals surface area contributed by atoms with Crippen LogP contribution in [0.3, 0.4) is 0 Å². The Bertz CT molecular complexity index is 608. The predicted octanol–water partition coefficient (Wildman–Crippen LogP) is 4.88. The van der Waals surface area contributed by atoms with Crippen molar-refractivity contribution < 1.29 is 4.79 Å². The molecule has 1 N–H and O–H groups in total. The van der Waals surface area contributed by atoms with Crippen LogP contribution in [0.1, 0.15) is 44.6 Å². The smallest absolute Gasteiger partial charge is 0.265 e. The third-order valence-electron chi connectivity index (χ3n) is 3.48. The van der Waals surface area contributed by atoms with Gasteiger partial charge in [0.1, 0.15) is 0 Å². The fourth-order valence-electron chi connectivity index (χ4n) is 2.34. The molecule has 1 aromatic carbocycles. The van der Waals surface area contributed by atoms with Crippen molar-refractivity contribution in [2.75, 3.05) is 5.32 Å². The van der Waals surface area contributed by atoms with E-state index in [1.807, 2.05) is 38.1 Å². The second-order valence-corrected chi connectivity index (χ2v) is 6.42. The number of carbonyl (C=O) groups is 1. The first-order chi connectivity index (χ1) is 9.52. The standard InChI is InChI=1S/C17H21NOS/c1-5-7-14-10-15(20-13(14)4)17(19)18-16-11(2)8-6-9-12(16)3/h6,8-10H,5,7H2,1-4H3,(H,18,19). The second kappa shape index (κ2) is 6.23. The van der Waals surface area contributed by atoms with E-state index in [2.05, 4.69) is 19.2 Å². The van der Waals surface area contributed by atoms with Crippen LogP contribution < -0.4 is 5.32 Å². The van der Waals surface area contributed by atoms with E-state index in [1.165, 1.54) is 10.4 Å². The average Bonchev–Trinajstić information content (AvgIpc) is 2.76. The van der Waals surface area contributed by atoms with Gasteiger partial charge >= 0.3 is 0 Å². The maximum atomic E-state index is 12.4. The Morgan fingerprint density at radius 2 is 1.85 bits per heavy atom. The molecule has 0 spiro atoms. The van der Waals surface area contributed by atoms with Crippen molar-refractivity contribution in [1.82, 2.24) is 0 Å². The minimum absolute atomic E-state index is 0.00199. The van der Waals surface area contributed by atoms with Gasteiger partial charge in [-0.3, -0.25) is 4.79 Å². The maximum absolute atomic E-state index is 12.4. The number of thiophene rings is 1. The quantitative estimate of drug-likeness (QED) is 0.853. The van der Waals surface area contributed by atoms with Crippen LogP contribution in [0.25, 0.3) is 0 Å². The molecule has 1 amide bonds. The van der Waals surface area contributed by atoms with Gasteiger partial charge in [0.15, 0.2) is 0 Å². The normalized spacial score (nSPS) is 10.6. The molecule has 0 bridgehead atoms. The molecular formula is C17H21NOS. The van der Waals surface area contributed by atoms with Gasteiger partial charge in [-0.25, -0.2) is 0 Å². The number of carbonyl (C=O) groups excluding carboxylic acids is 1. The Kier molecular flexibility index (Phi) is 4.61. The van der Waals surface area contributed by atoms with Gasteiger partial charge in [0.05, 0.1) is 4.88 Å². The summed E-state index contributed by atoms with van der Waals surface area (Å²) in [6.07, 6.45) is 2.15. The van der Waals surface area contributed by atoms with E-state index in [0.717, 1.165) is 34.5 Å². The van der Waals surface area contributed by atoms with E-state index in [-0.39, 0.29) is 5.91 Å². The number of rotatable bonds is 4. The first-order valence-electron chi connectivity index (χ1n) is 6.99. The highest BCUT2D eigenvalue weighted by molar-refractivity contribution is 7.14. The predicted molar refractivity (Wildman–Crippen MR) is 86.9 cm³/mol. The van der Waals surface area contributed by atoms with Gasteiger partial charge < -0.3 is 5.32 Å². The lowest BCUT2D eigenvalue weighted by Gasteiger charge is -2.10. The first kappa shape index (κ1) is 14.8. The molecule has 0 radical (unpaired) electrons. The molecule has 1 heterocycles. The van der Waals surface area contributed by atoms with Crippen LogP contribution in [0.15, 0.2) is 24.3 Å². The second-order valence-electron chi connectivity index (χ2n) is 5.16. The minimum atomic E-state index is -0.00199. The summed E-state index contributed by atoms with van der Waals surface area (Å²) >= 11 is 1.58. The molecule has 0 unspecified atom stereocenters. The monoisotopic (exact) mass is 287 g/mol. The van der Waals surface area contributed by atoms with Crippen LogP contribution >= 0.6 is 11.3 Å². The molecule has 1 aromatic heterocycles. The Hall–Kier alpha value is -1.61. The number of hydrogen-bond acceptors (Lipinski definition) is 2. The van der Waals surface area contributed by atoms with Crippen molar-refractivity contribution in [3.63, 3.8) is 0 Å². The zero-order valence-electron chi connectivity index (χ0n) is 12.5. The Balaban J connectivity index is 2.22. The topological polar surface area (TPSA) is 29.1 Å². The number of benzene rings is 1. The van der Waals surface area contributed by atoms with Crippen LogP contribution in [-0.2, 0) is 6.42 Å². The Morgan fingerprint density at radius 3 is 2.45 bits per heavy atom. The van der Waals surface area contributed by atoms with Gasteiger partial charge in [0.25, 0.3) is 5.91 Å². The van der Waals surface area contributed by atoms with Gasteiger partial charge in [-0.15, -0.1) is 11.3 Å². The van der Waals surface area contributed by atoms with Crippen molar-refractivity contribution >= 4 is 22.9 Å². The number of para-hydroxylation sites is 1. The van der Waals surface area contributed by atoms with Gasteiger partial charge in [-0.05, 0) is 49.9 Å². The SMILES string of the molecule is CCCc1cc(C(=O)Nc2c(C)cccc2C)sc1C. The molecule has 0 aliphatic carbocycles. The van der Waals surface area contributed by atoms with E-state index in [4.69, 9.17) is 0 Å². The lowest BCUT2D eigenvalue weighted by Crippen LogP contribution is -2.12. The average molecular weight is 287 g/mol. The zero-order valence-corrected chi connectivity index (χ0v) is 13.4. The van der Waals surface area contributed by atoms with E-state index >= 15 is 0 Å². The lowest BCUT2D eigenvalue weighted by molar-refractivity contribution is 0.103. The van der Waals surface area contributed by atoms with Crippen molar-refractivity contribution in [1.29, 1.82) is 0 Å². The summed E-state index contributed by atoms with van der Waals surface area (Å²) in [6.45, 7) is 8.29. The van der Waals surface area contributed by atoms with Crippen LogP contribution in [-0.4, -0.2) is 5.91 Å². The molecule has 0 aliphatic heterocycles. The molecular weight excluding hydrogens is 266 g/mol. The van der Waals surface area contributed by atoms with Crippen molar-refractivity contribution in [3.8, 4) is 0 Å². The molecule has 2 nitrogen and oxygen atoms in total. The lowest BCUT2D eigenvalue weighted by atomic mass is 10.1. The van der Waals surface area contributed by atoms with E-state index in [1.54, 1.807) is 11.3 Å². The van der Waals surface area contributed by atoms with E-state index < -0.39 is 0 Å². The van der Waals surface area contributed by atoms with Crippen LogP contribution in [0.5, 0.6) is 0 Å². The molecule has 2 aromatic rings. The molecule has 0 saturated heterocycles. The van der Waals surface area contributed by atoms with Crippen LogP contribution in [0.2, 0.25) is 0 Å². The third kappa shape index (κ3) is 3.10. The maximum Gasteiger partial charge on any atom is 0.265 e. The molecule has 0 saturated carbocycles. The Morgan fingerprint density at radius 1 is 1.20 bits per heavy atom. The molecule has 0 atom stereocenters. The molecule has 3 heteroatoms. The molecule has 106 valence electrons. The number of hydrogen-bond donors (Lipinski definition) is 1.